The molecule has 2 aromatic rings. The van der Waals surface area contributed by atoms with Crippen molar-refractivity contribution in [2.45, 2.75) is 6.10 Å². The highest BCUT2D eigenvalue weighted by Gasteiger charge is 2.29. The first kappa shape index (κ1) is 20.0. The van der Waals surface area contributed by atoms with E-state index < -0.39 is 0 Å². The molecule has 1 unspecified atom stereocenters. The Balaban J connectivity index is 1.65. The van der Waals surface area contributed by atoms with Gasteiger partial charge in [-0.1, -0.05) is 0 Å². The minimum absolute atomic E-state index is 0.186. The van der Waals surface area contributed by atoms with Crippen LogP contribution in [0.2, 0.25) is 0 Å². The van der Waals surface area contributed by atoms with Crippen LogP contribution >= 0.6 is 0 Å². The second kappa shape index (κ2) is 9.48. The third-order valence-electron chi connectivity index (χ3n) is 4.53. The summed E-state index contributed by atoms with van der Waals surface area (Å²) >= 11 is 0. The van der Waals surface area contributed by atoms with Gasteiger partial charge in [0.05, 0.1) is 25.6 Å². The molecule has 0 radical (unpaired) electrons. The van der Waals surface area contributed by atoms with E-state index in [1.807, 2.05) is 0 Å². The van der Waals surface area contributed by atoms with Crippen molar-refractivity contribution in [1.82, 2.24) is 9.80 Å². The number of benzene rings is 1. The van der Waals surface area contributed by atoms with Crippen molar-refractivity contribution in [1.29, 1.82) is 0 Å². The largest absolute Gasteiger partial charge is 0.459 e. The maximum Gasteiger partial charge on any atom is 0.289 e. The van der Waals surface area contributed by atoms with Gasteiger partial charge in [-0.3, -0.25) is 9.59 Å². The zero-order valence-electron chi connectivity index (χ0n) is 15.7. The Morgan fingerprint density at radius 2 is 2.07 bits per heavy atom. The van der Waals surface area contributed by atoms with Gasteiger partial charge < -0.3 is 23.7 Å². The van der Waals surface area contributed by atoms with Gasteiger partial charge in [0.25, 0.3) is 11.8 Å². The molecule has 1 atom stereocenters. The highest BCUT2D eigenvalue weighted by Crippen LogP contribution is 2.14. The normalized spacial score (nSPS) is 16.8. The minimum atomic E-state index is -0.387. The van der Waals surface area contributed by atoms with E-state index in [1.165, 1.54) is 30.5 Å². The molecule has 7 nitrogen and oxygen atoms in total. The molecule has 1 aromatic carbocycles. The number of carbonyl (C=O) groups excluding carboxylic acids is 2. The number of amides is 2. The molecule has 0 spiro atoms. The van der Waals surface area contributed by atoms with Crippen LogP contribution in [-0.2, 0) is 9.47 Å². The molecule has 1 fully saturated rings. The molecule has 28 heavy (non-hydrogen) atoms. The van der Waals surface area contributed by atoms with Gasteiger partial charge in [0.1, 0.15) is 5.82 Å². The summed E-state index contributed by atoms with van der Waals surface area (Å²) in [6.07, 6.45) is 1.11. The van der Waals surface area contributed by atoms with E-state index in [1.54, 1.807) is 29.0 Å². The maximum absolute atomic E-state index is 13.1. The van der Waals surface area contributed by atoms with E-state index in [4.69, 9.17) is 13.9 Å². The lowest BCUT2D eigenvalue weighted by atomic mass is 10.1. The molecule has 0 N–H and O–H groups in total. The molecular formula is C20H23FN2O5. The molecule has 1 saturated heterocycles. The number of ether oxygens (including phenoxy) is 2. The molecular weight excluding hydrogens is 367 g/mol. The van der Waals surface area contributed by atoms with Crippen molar-refractivity contribution in [2.24, 2.45) is 0 Å². The van der Waals surface area contributed by atoms with Crippen LogP contribution in [0.5, 0.6) is 0 Å². The van der Waals surface area contributed by atoms with E-state index in [2.05, 4.69) is 0 Å². The summed E-state index contributed by atoms with van der Waals surface area (Å²) in [5, 5.41) is 0. The van der Waals surface area contributed by atoms with E-state index in [0.29, 0.717) is 45.0 Å². The van der Waals surface area contributed by atoms with Crippen LogP contribution < -0.4 is 0 Å². The first-order chi connectivity index (χ1) is 13.6. The SMILES string of the molecule is COCCN(CC1CN(C(=O)c2ccc(F)cc2)CCO1)C(=O)c1ccco1. The quantitative estimate of drug-likeness (QED) is 0.724. The molecule has 150 valence electrons. The molecule has 8 heteroatoms. The second-order valence-corrected chi connectivity index (χ2v) is 6.47. The summed E-state index contributed by atoms with van der Waals surface area (Å²) in [5.41, 5.74) is 0.421. The summed E-state index contributed by atoms with van der Waals surface area (Å²) in [5.74, 6) is -0.588. The van der Waals surface area contributed by atoms with Crippen LogP contribution in [-0.4, -0.2) is 74.2 Å². The summed E-state index contributed by atoms with van der Waals surface area (Å²) in [7, 11) is 1.57. The third kappa shape index (κ3) is 4.96. The molecule has 0 aliphatic carbocycles. The highest BCUT2D eigenvalue weighted by atomic mass is 19.1. The Labute approximate surface area is 162 Å². The molecule has 2 amide bonds. The molecule has 0 bridgehead atoms. The Bertz CT molecular complexity index is 778. The number of hydrogen-bond acceptors (Lipinski definition) is 5. The standard InChI is InChI=1S/C20H23FN2O5/c1-26-11-8-23(20(25)18-3-2-10-28-18)14-17-13-22(9-12-27-17)19(24)15-4-6-16(21)7-5-15/h2-7,10,17H,8-9,11-14H2,1H3. The molecule has 0 saturated carbocycles. The molecule has 1 aliphatic rings. The lowest BCUT2D eigenvalue weighted by Crippen LogP contribution is -2.51. The van der Waals surface area contributed by atoms with Gasteiger partial charge >= 0.3 is 0 Å². The van der Waals surface area contributed by atoms with Gasteiger partial charge in [0.15, 0.2) is 5.76 Å². The lowest BCUT2D eigenvalue weighted by molar-refractivity contribution is -0.0350. The van der Waals surface area contributed by atoms with Crippen LogP contribution in [0.25, 0.3) is 0 Å². The lowest BCUT2D eigenvalue weighted by Gasteiger charge is -2.35. The monoisotopic (exact) mass is 390 g/mol. The number of rotatable bonds is 7. The molecule has 1 aromatic heterocycles. The average molecular weight is 390 g/mol. The fourth-order valence-corrected chi connectivity index (χ4v) is 3.07. The fraction of sp³-hybridized carbons (Fsp3) is 0.400. The summed E-state index contributed by atoms with van der Waals surface area (Å²) < 4.78 is 29.2. The number of halogens is 1. The van der Waals surface area contributed by atoms with Crippen LogP contribution in [0.3, 0.4) is 0 Å². The van der Waals surface area contributed by atoms with E-state index in [0.717, 1.165) is 0 Å². The Kier molecular flexibility index (Phi) is 6.78. The molecule has 3 rings (SSSR count). The number of furan rings is 1. The van der Waals surface area contributed by atoms with Crippen molar-refractivity contribution in [3.8, 4) is 0 Å². The number of methoxy groups -OCH3 is 1. The van der Waals surface area contributed by atoms with Crippen LogP contribution in [0.4, 0.5) is 4.39 Å². The van der Waals surface area contributed by atoms with Gasteiger partial charge in [-0.2, -0.15) is 0 Å². The molecule has 1 aliphatic heterocycles. The number of carbonyl (C=O) groups is 2. The van der Waals surface area contributed by atoms with Gasteiger partial charge in [0, 0.05) is 38.9 Å². The average Bonchev–Trinajstić information content (AvgIpc) is 3.26. The zero-order chi connectivity index (χ0) is 19.9. The predicted molar refractivity (Wildman–Crippen MR) is 98.5 cm³/mol. The van der Waals surface area contributed by atoms with Crippen LogP contribution in [0.1, 0.15) is 20.9 Å². The molecule has 2 heterocycles. The van der Waals surface area contributed by atoms with E-state index in [-0.39, 0.29) is 29.5 Å². The Morgan fingerprint density at radius 3 is 2.75 bits per heavy atom. The number of morpholine rings is 1. The Morgan fingerprint density at radius 1 is 1.29 bits per heavy atom. The number of hydrogen-bond donors (Lipinski definition) is 0. The van der Waals surface area contributed by atoms with Gasteiger partial charge in [-0.15, -0.1) is 0 Å². The minimum Gasteiger partial charge on any atom is -0.459 e. The topological polar surface area (TPSA) is 72.2 Å². The first-order valence-electron chi connectivity index (χ1n) is 9.06. The van der Waals surface area contributed by atoms with Crippen molar-refractivity contribution >= 4 is 11.8 Å². The number of nitrogens with zero attached hydrogens (tertiary/aromatic N) is 2. The third-order valence-corrected chi connectivity index (χ3v) is 4.53. The summed E-state index contributed by atoms with van der Waals surface area (Å²) in [6, 6.07) is 8.72. The van der Waals surface area contributed by atoms with Crippen molar-refractivity contribution in [3.05, 3.63) is 59.8 Å². The summed E-state index contributed by atoms with van der Waals surface area (Å²) in [4.78, 5) is 28.6. The second-order valence-electron chi connectivity index (χ2n) is 6.47. The highest BCUT2D eigenvalue weighted by molar-refractivity contribution is 5.94. The van der Waals surface area contributed by atoms with Crippen LogP contribution in [0.15, 0.2) is 47.1 Å². The van der Waals surface area contributed by atoms with Gasteiger partial charge in [-0.25, -0.2) is 4.39 Å². The Hall–Kier alpha value is -2.71. The smallest absolute Gasteiger partial charge is 0.289 e. The first-order valence-corrected chi connectivity index (χ1v) is 9.06. The van der Waals surface area contributed by atoms with E-state index >= 15 is 0 Å². The fourth-order valence-electron chi connectivity index (χ4n) is 3.07. The predicted octanol–water partition coefficient (Wildman–Crippen LogP) is 2.05. The van der Waals surface area contributed by atoms with Crippen molar-refractivity contribution in [2.75, 3.05) is 46.5 Å². The van der Waals surface area contributed by atoms with Crippen molar-refractivity contribution < 1.29 is 27.9 Å². The summed E-state index contributed by atoms with van der Waals surface area (Å²) in [6.45, 7) is 2.20. The van der Waals surface area contributed by atoms with Crippen LogP contribution in [0, 0.1) is 5.82 Å². The van der Waals surface area contributed by atoms with Gasteiger partial charge in [-0.05, 0) is 36.4 Å². The zero-order valence-corrected chi connectivity index (χ0v) is 15.7. The van der Waals surface area contributed by atoms with Crippen molar-refractivity contribution in [3.63, 3.8) is 0 Å². The van der Waals surface area contributed by atoms with E-state index in [9.17, 15) is 14.0 Å². The van der Waals surface area contributed by atoms with Gasteiger partial charge in [0.2, 0.25) is 0 Å². The maximum atomic E-state index is 13.1.